The Morgan fingerprint density at radius 3 is 2.58 bits per heavy atom. The quantitative estimate of drug-likeness (QED) is 0.607. The largest absolute Gasteiger partial charge is 0.395 e. The summed E-state index contributed by atoms with van der Waals surface area (Å²) < 4.78 is 30.7. The highest BCUT2D eigenvalue weighted by atomic mass is 32.2. The molecular weight excluding hydrogens is 268 g/mol. The average molecular weight is 294 g/mol. The van der Waals surface area contributed by atoms with Crippen molar-refractivity contribution >= 4 is 10.0 Å². The van der Waals surface area contributed by atoms with Crippen molar-refractivity contribution in [2.45, 2.75) is 19.3 Å². The number of sulfonamides is 1. The summed E-state index contributed by atoms with van der Waals surface area (Å²) in [6.07, 6.45) is 2.81. The van der Waals surface area contributed by atoms with E-state index in [9.17, 15) is 8.42 Å². The second-order valence-corrected chi connectivity index (χ2v) is 7.00. The molecule has 19 heavy (non-hydrogen) atoms. The zero-order valence-corrected chi connectivity index (χ0v) is 12.5. The van der Waals surface area contributed by atoms with Gasteiger partial charge in [-0.05, 0) is 38.3 Å². The molecule has 0 aromatic carbocycles. The maximum atomic E-state index is 12.2. The molecule has 0 unspecified atom stereocenters. The van der Waals surface area contributed by atoms with Gasteiger partial charge in [-0.15, -0.1) is 0 Å². The molecule has 0 bridgehead atoms. The molecule has 1 heterocycles. The fraction of sp³-hybridized carbons (Fsp3) is 1.00. The molecule has 6 nitrogen and oxygen atoms in total. The van der Waals surface area contributed by atoms with Crippen LogP contribution in [0.3, 0.4) is 0 Å². The van der Waals surface area contributed by atoms with E-state index >= 15 is 0 Å². The minimum atomic E-state index is -3.28. The van der Waals surface area contributed by atoms with Crippen LogP contribution in [0.4, 0.5) is 0 Å². The highest BCUT2D eigenvalue weighted by molar-refractivity contribution is 7.89. The van der Waals surface area contributed by atoms with Crippen LogP contribution in [-0.4, -0.2) is 70.1 Å². The van der Waals surface area contributed by atoms with Gasteiger partial charge in [0.05, 0.1) is 19.0 Å². The van der Waals surface area contributed by atoms with Crippen molar-refractivity contribution in [1.82, 2.24) is 9.62 Å². The zero-order valence-electron chi connectivity index (χ0n) is 11.7. The van der Waals surface area contributed by atoms with Crippen molar-refractivity contribution in [1.29, 1.82) is 0 Å². The average Bonchev–Trinajstić information content (AvgIpc) is 2.42. The van der Waals surface area contributed by atoms with Crippen LogP contribution in [0.25, 0.3) is 0 Å². The SMILES string of the molecule is COCCN(CCO)S(=O)(=O)CCC1CCNCC1. The molecule has 0 aromatic heterocycles. The van der Waals surface area contributed by atoms with Crippen molar-refractivity contribution in [2.75, 3.05) is 52.3 Å². The van der Waals surface area contributed by atoms with Gasteiger partial charge in [-0.3, -0.25) is 0 Å². The summed E-state index contributed by atoms with van der Waals surface area (Å²) in [5.41, 5.74) is 0. The zero-order chi connectivity index (χ0) is 14.1. The predicted octanol–water partition coefficient (Wildman–Crippen LogP) is -0.353. The number of methoxy groups -OCH3 is 1. The van der Waals surface area contributed by atoms with Crippen LogP contribution in [0.2, 0.25) is 0 Å². The van der Waals surface area contributed by atoms with Gasteiger partial charge in [0, 0.05) is 20.2 Å². The van der Waals surface area contributed by atoms with Crippen molar-refractivity contribution in [3.63, 3.8) is 0 Å². The molecule has 0 radical (unpaired) electrons. The first-order valence-corrected chi connectivity index (χ1v) is 8.49. The molecule has 1 rings (SSSR count). The van der Waals surface area contributed by atoms with Crippen LogP contribution < -0.4 is 5.32 Å². The van der Waals surface area contributed by atoms with Crippen LogP contribution in [0.5, 0.6) is 0 Å². The van der Waals surface area contributed by atoms with E-state index in [1.165, 1.54) is 4.31 Å². The fourth-order valence-electron chi connectivity index (χ4n) is 2.31. The van der Waals surface area contributed by atoms with Crippen molar-refractivity contribution in [3.8, 4) is 0 Å². The topological polar surface area (TPSA) is 78.9 Å². The van der Waals surface area contributed by atoms with E-state index < -0.39 is 10.0 Å². The molecular formula is C12H26N2O4S. The maximum absolute atomic E-state index is 12.2. The van der Waals surface area contributed by atoms with Crippen LogP contribution >= 0.6 is 0 Å². The lowest BCUT2D eigenvalue weighted by atomic mass is 9.96. The summed E-state index contributed by atoms with van der Waals surface area (Å²) in [7, 11) is -1.74. The fourth-order valence-corrected chi connectivity index (χ4v) is 3.91. The molecule has 0 amide bonds. The number of ether oxygens (including phenoxy) is 1. The molecule has 0 aliphatic carbocycles. The van der Waals surface area contributed by atoms with Gasteiger partial charge >= 0.3 is 0 Å². The van der Waals surface area contributed by atoms with Gasteiger partial charge in [0.15, 0.2) is 0 Å². The predicted molar refractivity (Wildman–Crippen MR) is 74.5 cm³/mol. The minimum Gasteiger partial charge on any atom is -0.395 e. The Hall–Kier alpha value is -0.210. The number of nitrogens with one attached hydrogen (secondary N) is 1. The molecule has 7 heteroatoms. The summed E-state index contributed by atoms with van der Waals surface area (Å²) in [6, 6.07) is 0. The summed E-state index contributed by atoms with van der Waals surface area (Å²) in [4.78, 5) is 0. The number of hydrogen-bond donors (Lipinski definition) is 2. The third-order valence-corrected chi connectivity index (χ3v) is 5.43. The molecule has 0 spiro atoms. The van der Waals surface area contributed by atoms with Crippen LogP contribution in [0, 0.1) is 5.92 Å². The third-order valence-electron chi connectivity index (χ3n) is 3.53. The second kappa shape index (κ2) is 8.86. The van der Waals surface area contributed by atoms with Gasteiger partial charge in [-0.1, -0.05) is 0 Å². The van der Waals surface area contributed by atoms with E-state index in [4.69, 9.17) is 9.84 Å². The second-order valence-electron chi connectivity index (χ2n) is 4.91. The normalized spacial score (nSPS) is 18.1. The van der Waals surface area contributed by atoms with Gasteiger partial charge in [0.25, 0.3) is 0 Å². The first-order chi connectivity index (χ1) is 9.10. The van der Waals surface area contributed by atoms with Crippen LogP contribution in [0.1, 0.15) is 19.3 Å². The molecule has 2 N–H and O–H groups in total. The van der Waals surface area contributed by atoms with Crippen LogP contribution in [-0.2, 0) is 14.8 Å². The third kappa shape index (κ3) is 6.18. The molecule has 0 saturated carbocycles. The van der Waals surface area contributed by atoms with Crippen molar-refractivity contribution in [2.24, 2.45) is 5.92 Å². The minimum absolute atomic E-state index is 0.151. The Morgan fingerprint density at radius 1 is 1.32 bits per heavy atom. The first-order valence-electron chi connectivity index (χ1n) is 6.88. The number of nitrogens with zero attached hydrogens (tertiary/aromatic N) is 1. The van der Waals surface area contributed by atoms with E-state index in [-0.39, 0.29) is 18.9 Å². The van der Waals surface area contributed by atoms with Gasteiger partial charge in [-0.25, -0.2) is 8.42 Å². The van der Waals surface area contributed by atoms with E-state index in [2.05, 4.69) is 5.32 Å². The number of hydrogen-bond acceptors (Lipinski definition) is 5. The van der Waals surface area contributed by atoms with E-state index in [1.807, 2.05) is 0 Å². The lowest BCUT2D eigenvalue weighted by Crippen LogP contribution is -2.38. The monoisotopic (exact) mass is 294 g/mol. The number of aliphatic hydroxyl groups excluding tert-OH is 1. The molecule has 1 fully saturated rings. The summed E-state index contributed by atoms with van der Waals surface area (Å²) in [5, 5.41) is 12.2. The van der Waals surface area contributed by atoms with Gasteiger partial charge < -0.3 is 15.2 Å². The number of rotatable bonds is 9. The molecule has 1 aliphatic heterocycles. The standard InChI is InChI=1S/C12H26N2O4S/c1-18-10-8-14(7-9-15)19(16,17)11-4-12-2-5-13-6-3-12/h12-13,15H,2-11H2,1H3. The molecule has 0 atom stereocenters. The van der Waals surface area contributed by atoms with Gasteiger partial charge in [-0.2, -0.15) is 4.31 Å². The van der Waals surface area contributed by atoms with Crippen molar-refractivity contribution in [3.05, 3.63) is 0 Å². The number of piperidine rings is 1. The smallest absolute Gasteiger partial charge is 0.214 e. The Bertz CT molecular complexity index is 329. The van der Waals surface area contributed by atoms with Crippen molar-refractivity contribution < 1.29 is 18.3 Å². The van der Waals surface area contributed by atoms with Gasteiger partial charge in [0.1, 0.15) is 0 Å². The van der Waals surface area contributed by atoms with E-state index in [0.29, 0.717) is 25.5 Å². The Balaban J connectivity index is 2.45. The lowest BCUT2D eigenvalue weighted by Gasteiger charge is -2.25. The summed E-state index contributed by atoms with van der Waals surface area (Å²) in [6.45, 7) is 2.62. The first kappa shape index (κ1) is 16.8. The Morgan fingerprint density at radius 2 is 2.00 bits per heavy atom. The number of aliphatic hydroxyl groups is 1. The molecule has 114 valence electrons. The highest BCUT2D eigenvalue weighted by Gasteiger charge is 2.23. The highest BCUT2D eigenvalue weighted by Crippen LogP contribution is 2.17. The lowest BCUT2D eigenvalue weighted by molar-refractivity contribution is 0.168. The molecule has 1 aliphatic rings. The van der Waals surface area contributed by atoms with Gasteiger partial charge in [0.2, 0.25) is 10.0 Å². The van der Waals surface area contributed by atoms with E-state index in [0.717, 1.165) is 25.9 Å². The Labute approximate surface area is 116 Å². The van der Waals surface area contributed by atoms with E-state index in [1.54, 1.807) is 7.11 Å². The molecule has 0 aromatic rings. The van der Waals surface area contributed by atoms with Crippen LogP contribution in [0.15, 0.2) is 0 Å². The summed E-state index contributed by atoms with van der Waals surface area (Å²) in [5.74, 6) is 0.663. The maximum Gasteiger partial charge on any atom is 0.214 e. The Kier molecular flexibility index (Phi) is 7.86. The summed E-state index contributed by atoms with van der Waals surface area (Å²) >= 11 is 0. The molecule has 1 saturated heterocycles.